The van der Waals surface area contributed by atoms with Crippen molar-refractivity contribution in [3.05, 3.63) is 45.8 Å². The summed E-state index contributed by atoms with van der Waals surface area (Å²) in [5.74, 6) is -2.55. The summed E-state index contributed by atoms with van der Waals surface area (Å²) in [5, 5.41) is 3.15. The second kappa shape index (κ2) is 5.87. The molecule has 1 atom stereocenters. The number of hydrogen-bond donors (Lipinski definition) is 1. The molecule has 1 aromatic carbocycles. The molecule has 2 heterocycles. The first-order valence-electron chi connectivity index (χ1n) is 6.91. The van der Waals surface area contributed by atoms with Gasteiger partial charge in [0.15, 0.2) is 0 Å². The van der Waals surface area contributed by atoms with E-state index in [4.69, 9.17) is 11.6 Å². The number of amides is 2. The van der Waals surface area contributed by atoms with Crippen molar-refractivity contribution in [2.24, 2.45) is 0 Å². The number of likely N-dealkylation sites (N-methyl/N-ethyl adjacent to an activating group) is 1. The van der Waals surface area contributed by atoms with Crippen molar-refractivity contribution in [3.8, 4) is 0 Å². The number of sulfonamides is 1. The molecule has 2 amide bonds. The Balaban J connectivity index is 2.01. The number of rotatable bonds is 2. The van der Waals surface area contributed by atoms with Crippen molar-refractivity contribution in [3.63, 3.8) is 0 Å². The zero-order valence-corrected chi connectivity index (χ0v) is 15.1. The minimum Gasteiger partial charge on any atom is -0.325 e. The fraction of sp³-hybridized carbons (Fsp3) is 0.200. The Labute approximate surface area is 148 Å². The lowest BCUT2D eigenvalue weighted by Gasteiger charge is -2.28. The second-order valence-corrected chi connectivity index (χ2v) is 9.20. The van der Waals surface area contributed by atoms with Gasteiger partial charge >= 0.3 is 0 Å². The predicted molar refractivity (Wildman–Crippen MR) is 91.8 cm³/mol. The number of thiophene rings is 1. The predicted octanol–water partition coefficient (Wildman–Crippen LogP) is 2.59. The van der Waals surface area contributed by atoms with Gasteiger partial charge in [-0.15, -0.1) is 11.3 Å². The molecule has 0 fully saturated rings. The maximum atomic E-state index is 12.6. The summed E-state index contributed by atoms with van der Waals surface area (Å²) in [6, 6.07) is 8.00. The molecule has 1 N–H and O–H groups in total. The minimum atomic E-state index is -3.89. The lowest BCUT2D eigenvalue weighted by atomic mass is 9.99. The van der Waals surface area contributed by atoms with Crippen LogP contribution in [-0.2, 0) is 19.6 Å². The number of anilines is 1. The molecule has 2 aromatic rings. The third-order valence-electron chi connectivity index (χ3n) is 3.69. The molecule has 1 aliphatic heterocycles. The standard InChI is InChI=1S/C15H13ClN2O4S2/c1-8-7-11-12(13(19)17-10-5-3-9(16)4-6-10)14(20)18(2)24(21,22)15(11)23-8/h3-7,12H,1-2H3,(H,17,19). The number of benzene rings is 1. The van der Waals surface area contributed by atoms with E-state index in [0.717, 1.165) is 23.3 Å². The van der Waals surface area contributed by atoms with Crippen LogP contribution in [0.25, 0.3) is 0 Å². The van der Waals surface area contributed by atoms with Crippen molar-refractivity contribution in [1.82, 2.24) is 4.31 Å². The molecule has 3 rings (SSSR count). The number of fused-ring (bicyclic) bond motifs is 1. The van der Waals surface area contributed by atoms with E-state index in [1.807, 2.05) is 0 Å². The molecule has 1 aromatic heterocycles. The molecule has 0 saturated heterocycles. The number of aryl methyl sites for hydroxylation is 1. The third-order valence-corrected chi connectivity index (χ3v) is 7.29. The van der Waals surface area contributed by atoms with Crippen molar-refractivity contribution in [2.45, 2.75) is 17.1 Å². The van der Waals surface area contributed by atoms with Crippen LogP contribution in [0, 0.1) is 6.92 Å². The molecule has 0 spiro atoms. The van der Waals surface area contributed by atoms with E-state index in [2.05, 4.69) is 5.32 Å². The van der Waals surface area contributed by atoms with Crippen LogP contribution in [0.2, 0.25) is 5.02 Å². The highest BCUT2D eigenvalue weighted by Crippen LogP contribution is 2.39. The van der Waals surface area contributed by atoms with Crippen LogP contribution >= 0.6 is 22.9 Å². The molecule has 0 aliphatic carbocycles. The Morgan fingerprint density at radius 3 is 2.54 bits per heavy atom. The minimum absolute atomic E-state index is 0.0401. The third kappa shape index (κ3) is 2.70. The van der Waals surface area contributed by atoms with Gasteiger partial charge in [-0.25, -0.2) is 12.7 Å². The van der Waals surface area contributed by atoms with Gasteiger partial charge < -0.3 is 5.32 Å². The smallest absolute Gasteiger partial charge is 0.276 e. The average molecular weight is 385 g/mol. The van der Waals surface area contributed by atoms with Crippen molar-refractivity contribution >= 4 is 50.5 Å². The van der Waals surface area contributed by atoms with Crippen LogP contribution in [0.4, 0.5) is 5.69 Å². The molecule has 6 nitrogen and oxygen atoms in total. The number of carbonyl (C=O) groups excluding carboxylic acids is 2. The number of nitrogens with zero attached hydrogens (tertiary/aromatic N) is 1. The quantitative estimate of drug-likeness (QED) is 0.806. The van der Waals surface area contributed by atoms with E-state index >= 15 is 0 Å². The monoisotopic (exact) mass is 384 g/mol. The van der Waals surface area contributed by atoms with Gasteiger partial charge in [-0.05, 0) is 37.3 Å². The highest BCUT2D eigenvalue weighted by atomic mass is 35.5. The van der Waals surface area contributed by atoms with E-state index in [1.165, 1.54) is 0 Å². The summed E-state index contributed by atoms with van der Waals surface area (Å²) >= 11 is 6.85. The summed E-state index contributed by atoms with van der Waals surface area (Å²) in [5.41, 5.74) is 0.703. The van der Waals surface area contributed by atoms with Crippen molar-refractivity contribution in [1.29, 1.82) is 0 Å². The van der Waals surface area contributed by atoms with Crippen LogP contribution in [-0.4, -0.2) is 31.6 Å². The SMILES string of the molecule is Cc1cc2c(s1)S(=O)(=O)N(C)C(=O)C2C(=O)Nc1ccc(Cl)cc1. The normalized spacial score (nSPS) is 19.0. The second-order valence-electron chi connectivity index (χ2n) is 5.34. The molecule has 0 saturated carbocycles. The summed E-state index contributed by atoms with van der Waals surface area (Å²) in [6.07, 6.45) is 0. The summed E-state index contributed by atoms with van der Waals surface area (Å²) in [6.45, 7) is 1.73. The Bertz CT molecular complexity index is 935. The Morgan fingerprint density at radius 2 is 1.92 bits per heavy atom. The molecule has 0 radical (unpaired) electrons. The maximum Gasteiger partial charge on any atom is 0.276 e. The van der Waals surface area contributed by atoms with E-state index in [-0.39, 0.29) is 9.77 Å². The fourth-order valence-corrected chi connectivity index (χ4v) is 5.59. The summed E-state index contributed by atoms with van der Waals surface area (Å²) in [7, 11) is -2.72. The summed E-state index contributed by atoms with van der Waals surface area (Å²) < 4.78 is 25.4. The molecule has 24 heavy (non-hydrogen) atoms. The topological polar surface area (TPSA) is 83.6 Å². The van der Waals surface area contributed by atoms with Crippen LogP contribution in [0.15, 0.2) is 34.5 Å². The highest BCUT2D eigenvalue weighted by Gasteiger charge is 2.45. The van der Waals surface area contributed by atoms with Gasteiger partial charge in [0.2, 0.25) is 5.91 Å². The zero-order valence-electron chi connectivity index (χ0n) is 12.7. The van der Waals surface area contributed by atoms with Crippen LogP contribution < -0.4 is 5.32 Å². The summed E-state index contributed by atoms with van der Waals surface area (Å²) in [4.78, 5) is 25.8. The first-order valence-corrected chi connectivity index (χ1v) is 9.55. The molecular weight excluding hydrogens is 372 g/mol. The zero-order chi connectivity index (χ0) is 17.6. The number of hydrogen-bond acceptors (Lipinski definition) is 5. The molecule has 9 heteroatoms. The average Bonchev–Trinajstić information content (AvgIpc) is 2.90. The van der Waals surface area contributed by atoms with E-state index in [0.29, 0.717) is 15.0 Å². The van der Waals surface area contributed by atoms with Gasteiger partial charge in [-0.1, -0.05) is 11.6 Å². The first kappa shape index (κ1) is 16.9. The number of carbonyl (C=O) groups is 2. The highest BCUT2D eigenvalue weighted by molar-refractivity contribution is 7.92. The van der Waals surface area contributed by atoms with Crippen molar-refractivity contribution in [2.75, 3.05) is 12.4 Å². The van der Waals surface area contributed by atoms with Crippen LogP contribution in [0.1, 0.15) is 16.4 Å². The van der Waals surface area contributed by atoms with Gasteiger partial charge in [-0.2, -0.15) is 0 Å². The van der Waals surface area contributed by atoms with Crippen LogP contribution in [0.3, 0.4) is 0 Å². The van der Waals surface area contributed by atoms with Gasteiger partial charge in [-0.3, -0.25) is 9.59 Å². The van der Waals surface area contributed by atoms with Crippen molar-refractivity contribution < 1.29 is 18.0 Å². The van der Waals surface area contributed by atoms with E-state index in [9.17, 15) is 18.0 Å². The largest absolute Gasteiger partial charge is 0.325 e. The lowest BCUT2D eigenvalue weighted by molar-refractivity contribution is -0.132. The van der Waals surface area contributed by atoms with Crippen LogP contribution in [0.5, 0.6) is 0 Å². The molecular formula is C15H13ClN2O4S2. The molecule has 0 bridgehead atoms. The fourth-order valence-electron chi connectivity index (χ4n) is 2.47. The molecule has 1 aliphatic rings. The Kier molecular flexibility index (Phi) is 4.15. The molecule has 1 unspecified atom stereocenters. The first-order chi connectivity index (χ1) is 11.2. The van der Waals surface area contributed by atoms with E-state index < -0.39 is 27.8 Å². The van der Waals surface area contributed by atoms with Gasteiger partial charge in [0.05, 0.1) is 0 Å². The Morgan fingerprint density at radius 1 is 1.29 bits per heavy atom. The molecule has 126 valence electrons. The Hall–Kier alpha value is -1.90. The number of nitrogens with one attached hydrogen (secondary N) is 1. The number of halogens is 1. The lowest BCUT2D eigenvalue weighted by Crippen LogP contribution is -2.45. The van der Waals surface area contributed by atoms with E-state index in [1.54, 1.807) is 37.3 Å². The maximum absolute atomic E-state index is 12.6. The van der Waals surface area contributed by atoms with Gasteiger partial charge in [0, 0.05) is 28.2 Å². The van der Waals surface area contributed by atoms with Gasteiger partial charge in [0.1, 0.15) is 10.1 Å². The van der Waals surface area contributed by atoms with Gasteiger partial charge in [0.25, 0.3) is 15.9 Å².